The first-order valence-electron chi connectivity index (χ1n) is 7.25. The highest BCUT2D eigenvalue weighted by molar-refractivity contribution is 5.91. The summed E-state index contributed by atoms with van der Waals surface area (Å²) in [6, 6.07) is 3.84. The zero-order valence-electron chi connectivity index (χ0n) is 13.4. The van der Waals surface area contributed by atoms with Crippen LogP contribution in [0.25, 0.3) is 16.9 Å². The third-order valence-electron chi connectivity index (χ3n) is 3.85. The van der Waals surface area contributed by atoms with E-state index < -0.39 is 5.82 Å². The predicted molar refractivity (Wildman–Crippen MR) is 86.5 cm³/mol. The predicted octanol–water partition coefficient (Wildman–Crippen LogP) is 3.71. The molecule has 3 rings (SSSR count). The summed E-state index contributed by atoms with van der Waals surface area (Å²) >= 11 is 0. The highest BCUT2D eigenvalue weighted by Crippen LogP contribution is 2.35. The summed E-state index contributed by atoms with van der Waals surface area (Å²) in [7, 11) is 0. The van der Waals surface area contributed by atoms with Gasteiger partial charge in [-0.25, -0.2) is 9.07 Å². The summed E-state index contributed by atoms with van der Waals surface area (Å²) < 4.78 is 21.2. The number of phenolic OH excluding ortho intramolecular Hbond substituents is 1. The van der Waals surface area contributed by atoms with Gasteiger partial charge in [0.1, 0.15) is 17.2 Å². The molecule has 3 aromatic rings. The third kappa shape index (κ3) is 2.44. The van der Waals surface area contributed by atoms with Gasteiger partial charge in [-0.3, -0.25) is 0 Å². The van der Waals surface area contributed by atoms with Gasteiger partial charge in [-0.1, -0.05) is 5.16 Å². The van der Waals surface area contributed by atoms with Crippen molar-refractivity contribution in [3.63, 3.8) is 0 Å². The van der Waals surface area contributed by atoms with Crippen molar-refractivity contribution in [3.8, 4) is 22.7 Å². The zero-order chi connectivity index (χ0) is 17.4. The SMILES string of the molecule is Cc1coc(C)c1-c1c(/C=N/O)c(C)nn1-c1ccc(O)cc1F. The van der Waals surface area contributed by atoms with Gasteiger partial charge in [-0.05, 0) is 38.5 Å². The van der Waals surface area contributed by atoms with E-state index in [-0.39, 0.29) is 11.4 Å². The van der Waals surface area contributed by atoms with Crippen LogP contribution >= 0.6 is 0 Å². The second-order valence-electron chi connectivity index (χ2n) is 5.49. The molecular weight excluding hydrogens is 313 g/mol. The minimum atomic E-state index is -0.620. The molecule has 0 aliphatic rings. The number of hydrogen-bond acceptors (Lipinski definition) is 5. The second-order valence-corrected chi connectivity index (χ2v) is 5.49. The van der Waals surface area contributed by atoms with E-state index >= 15 is 0 Å². The number of nitrogens with zero attached hydrogens (tertiary/aromatic N) is 3. The highest BCUT2D eigenvalue weighted by atomic mass is 19.1. The number of oxime groups is 1. The number of rotatable bonds is 3. The van der Waals surface area contributed by atoms with Crippen LogP contribution in [-0.4, -0.2) is 26.3 Å². The van der Waals surface area contributed by atoms with Gasteiger partial charge in [0.2, 0.25) is 0 Å². The Hall–Kier alpha value is -3.09. The number of phenols is 1. The Morgan fingerprint density at radius 1 is 1.29 bits per heavy atom. The summed E-state index contributed by atoms with van der Waals surface area (Å²) in [5.74, 6) is -0.153. The van der Waals surface area contributed by atoms with Crippen molar-refractivity contribution in [2.24, 2.45) is 5.16 Å². The minimum Gasteiger partial charge on any atom is -0.508 e. The molecule has 24 heavy (non-hydrogen) atoms. The Bertz CT molecular complexity index is 921. The largest absolute Gasteiger partial charge is 0.508 e. The Balaban J connectivity index is 2.37. The number of benzene rings is 1. The van der Waals surface area contributed by atoms with E-state index in [1.807, 2.05) is 6.92 Å². The smallest absolute Gasteiger partial charge is 0.152 e. The first-order valence-corrected chi connectivity index (χ1v) is 7.25. The van der Waals surface area contributed by atoms with E-state index in [0.717, 1.165) is 17.2 Å². The van der Waals surface area contributed by atoms with Crippen LogP contribution in [0.1, 0.15) is 22.6 Å². The summed E-state index contributed by atoms with van der Waals surface area (Å²) in [4.78, 5) is 0. The van der Waals surface area contributed by atoms with Gasteiger partial charge < -0.3 is 14.7 Å². The number of hydrogen-bond donors (Lipinski definition) is 2. The lowest BCUT2D eigenvalue weighted by atomic mass is 10.0. The van der Waals surface area contributed by atoms with Crippen molar-refractivity contribution in [2.75, 3.05) is 0 Å². The van der Waals surface area contributed by atoms with E-state index in [2.05, 4.69) is 10.3 Å². The van der Waals surface area contributed by atoms with Gasteiger partial charge in [0.15, 0.2) is 5.82 Å². The molecule has 0 aliphatic carbocycles. The molecule has 2 N–H and O–H groups in total. The molecule has 6 nitrogen and oxygen atoms in total. The molecule has 2 heterocycles. The Labute approximate surface area is 137 Å². The molecule has 0 saturated heterocycles. The molecule has 0 atom stereocenters. The molecule has 0 unspecified atom stereocenters. The molecular formula is C17H16FN3O3. The van der Waals surface area contributed by atoms with E-state index in [0.29, 0.717) is 22.7 Å². The molecule has 7 heteroatoms. The fourth-order valence-corrected chi connectivity index (χ4v) is 2.76. The van der Waals surface area contributed by atoms with Crippen LogP contribution in [0.2, 0.25) is 0 Å². The van der Waals surface area contributed by atoms with E-state index in [1.165, 1.54) is 23.0 Å². The van der Waals surface area contributed by atoms with Gasteiger partial charge in [0.25, 0.3) is 0 Å². The summed E-state index contributed by atoms with van der Waals surface area (Å²) in [5.41, 5.74) is 3.44. The Morgan fingerprint density at radius 2 is 2.04 bits per heavy atom. The topological polar surface area (TPSA) is 83.8 Å². The first kappa shape index (κ1) is 15.8. The molecule has 124 valence electrons. The van der Waals surface area contributed by atoms with Crippen LogP contribution in [0.3, 0.4) is 0 Å². The fourth-order valence-electron chi connectivity index (χ4n) is 2.76. The van der Waals surface area contributed by atoms with Gasteiger partial charge in [-0.2, -0.15) is 5.10 Å². The molecule has 0 spiro atoms. The van der Waals surface area contributed by atoms with Gasteiger partial charge in [0.05, 0.1) is 23.9 Å². The second kappa shape index (κ2) is 5.84. The number of aryl methyl sites for hydroxylation is 3. The lowest BCUT2D eigenvalue weighted by molar-refractivity contribution is 0.322. The average molecular weight is 329 g/mol. The molecule has 1 aromatic carbocycles. The molecule has 0 bridgehead atoms. The molecule has 0 aliphatic heterocycles. The fraction of sp³-hybridized carbons (Fsp3) is 0.176. The van der Waals surface area contributed by atoms with E-state index in [9.17, 15) is 9.50 Å². The van der Waals surface area contributed by atoms with Gasteiger partial charge in [-0.15, -0.1) is 0 Å². The van der Waals surface area contributed by atoms with Crippen molar-refractivity contribution >= 4 is 6.21 Å². The van der Waals surface area contributed by atoms with Crippen LogP contribution in [0.5, 0.6) is 5.75 Å². The monoisotopic (exact) mass is 329 g/mol. The number of aromatic nitrogens is 2. The maximum absolute atomic E-state index is 14.4. The standard InChI is InChI=1S/C17H16FN3O3/c1-9-8-24-11(3)16(9)17-13(7-19-23)10(2)20-21(17)15-5-4-12(22)6-14(15)18/h4-8,22-23H,1-3H3/b19-7+. The van der Waals surface area contributed by atoms with Crippen molar-refractivity contribution in [2.45, 2.75) is 20.8 Å². The zero-order valence-corrected chi connectivity index (χ0v) is 13.4. The summed E-state index contributed by atoms with van der Waals surface area (Å²) in [6.07, 6.45) is 2.86. The van der Waals surface area contributed by atoms with Crippen molar-refractivity contribution in [1.82, 2.24) is 9.78 Å². The molecule has 0 saturated carbocycles. The van der Waals surface area contributed by atoms with Crippen molar-refractivity contribution in [3.05, 3.63) is 52.9 Å². The third-order valence-corrected chi connectivity index (χ3v) is 3.85. The lowest BCUT2D eigenvalue weighted by Crippen LogP contribution is -2.03. The average Bonchev–Trinajstić information content (AvgIpc) is 3.00. The van der Waals surface area contributed by atoms with E-state index in [4.69, 9.17) is 9.62 Å². The molecule has 2 aromatic heterocycles. The summed E-state index contributed by atoms with van der Waals surface area (Å²) in [5, 5.41) is 25.9. The Morgan fingerprint density at radius 3 is 2.62 bits per heavy atom. The quantitative estimate of drug-likeness (QED) is 0.436. The Kier molecular flexibility index (Phi) is 3.84. The first-order chi connectivity index (χ1) is 11.4. The molecule has 0 amide bonds. The maximum atomic E-state index is 14.4. The number of aromatic hydroxyl groups is 1. The molecule has 0 radical (unpaired) electrons. The van der Waals surface area contributed by atoms with Crippen LogP contribution in [0, 0.1) is 26.6 Å². The lowest BCUT2D eigenvalue weighted by Gasteiger charge is -2.10. The van der Waals surface area contributed by atoms with Crippen molar-refractivity contribution in [1.29, 1.82) is 0 Å². The normalized spacial score (nSPS) is 11.5. The summed E-state index contributed by atoms with van der Waals surface area (Å²) in [6.45, 7) is 5.40. The van der Waals surface area contributed by atoms with Crippen LogP contribution in [0.4, 0.5) is 4.39 Å². The van der Waals surface area contributed by atoms with Gasteiger partial charge in [0, 0.05) is 17.2 Å². The van der Waals surface area contributed by atoms with Crippen LogP contribution in [0.15, 0.2) is 34.0 Å². The number of furan rings is 1. The van der Waals surface area contributed by atoms with Crippen LogP contribution in [-0.2, 0) is 0 Å². The minimum absolute atomic E-state index is 0.170. The highest BCUT2D eigenvalue weighted by Gasteiger charge is 2.23. The number of halogens is 1. The molecule has 0 fully saturated rings. The maximum Gasteiger partial charge on any atom is 0.152 e. The van der Waals surface area contributed by atoms with E-state index in [1.54, 1.807) is 20.1 Å². The van der Waals surface area contributed by atoms with Gasteiger partial charge >= 0.3 is 0 Å². The van der Waals surface area contributed by atoms with Crippen LogP contribution < -0.4 is 0 Å². The van der Waals surface area contributed by atoms with Crippen molar-refractivity contribution < 1.29 is 19.1 Å².